The van der Waals surface area contributed by atoms with Crippen LogP contribution in [0.1, 0.15) is 37.8 Å². The van der Waals surface area contributed by atoms with E-state index in [1.54, 1.807) is 7.11 Å². The van der Waals surface area contributed by atoms with Crippen molar-refractivity contribution in [2.24, 2.45) is 5.73 Å². The molecule has 0 saturated carbocycles. The van der Waals surface area contributed by atoms with E-state index in [0.29, 0.717) is 12.6 Å². The quantitative estimate of drug-likeness (QED) is 0.747. The molecule has 0 atom stereocenters. The van der Waals surface area contributed by atoms with E-state index >= 15 is 0 Å². The molecule has 116 valence electrons. The van der Waals surface area contributed by atoms with Crippen LogP contribution >= 0.6 is 0 Å². The molecule has 0 bridgehead atoms. The Bertz CT molecular complexity index is 441. The normalized spacial score (nSPS) is 10.8. The summed E-state index contributed by atoms with van der Waals surface area (Å²) in [5.41, 5.74) is 7.73. The van der Waals surface area contributed by atoms with Crippen LogP contribution in [0.3, 0.4) is 0 Å². The van der Waals surface area contributed by atoms with Crippen LogP contribution in [0, 0.1) is 11.8 Å². The van der Waals surface area contributed by atoms with E-state index in [9.17, 15) is 0 Å². The Balaban J connectivity index is 2.73. The predicted molar refractivity (Wildman–Crippen MR) is 89.0 cm³/mol. The molecule has 0 saturated heterocycles. The van der Waals surface area contributed by atoms with Crippen molar-refractivity contribution in [1.82, 2.24) is 4.90 Å². The van der Waals surface area contributed by atoms with Crippen LogP contribution in [-0.2, 0) is 11.3 Å². The highest BCUT2D eigenvalue weighted by atomic mass is 16.5. The number of nitrogens with two attached hydrogens (primary N) is 1. The second kappa shape index (κ2) is 10.4. The van der Waals surface area contributed by atoms with Crippen molar-refractivity contribution < 1.29 is 4.74 Å². The van der Waals surface area contributed by atoms with Gasteiger partial charge < -0.3 is 10.5 Å². The molecule has 0 unspecified atom stereocenters. The van der Waals surface area contributed by atoms with Crippen molar-refractivity contribution in [3.05, 3.63) is 35.4 Å². The molecule has 3 nitrogen and oxygen atoms in total. The van der Waals surface area contributed by atoms with Gasteiger partial charge in [-0.15, -0.1) is 0 Å². The molecule has 0 amide bonds. The summed E-state index contributed by atoms with van der Waals surface area (Å²) in [7, 11) is 1.76. The first-order valence-corrected chi connectivity index (χ1v) is 7.76. The molecule has 0 aliphatic heterocycles. The van der Waals surface area contributed by atoms with Gasteiger partial charge in [-0.3, -0.25) is 4.90 Å². The second-order valence-corrected chi connectivity index (χ2v) is 5.14. The zero-order chi connectivity index (χ0) is 15.5. The highest BCUT2D eigenvalue weighted by Gasteiger charge is 2.15. The minimum absolute atomic E-state index is 0.404. The number of rotatable bonds is 8. The Hall–Kier alpha value is -1.34. The minimum Gasteiger partial charge on any atom is -0.383 e. The highest BCUT2D eigenvalue weighted by Crippen LogP contribution is 2.14. The first-order valence-electron chi connectivity index (χ1n) is 7.76. The Morgan fingerprint density at radius 1 is 1.19 bits per heavy atom. The van der Waals surface area contributed by atoms with Crippen LogP contribution in [0.25, 0.3) is 0 Å². The van der Waals surface area contributed by atoms with Crippen molar-refractivity contribution in [2.45, 2.75) is 39.3 Å². The number of hydrogen-bond acceptors (Lipinski definition) is 3. The van der Waals surface area contributed by atoms with Gasteiger partial charge in [0.25, 0.3) is 0 Å². The molecule has 3 heteroatoms. The maximum Gasteiger partial charge on any atom is 0.0589 e. The molecule has 2 N–H and O–H groups in total. The van der Waals surface area contributed by atoms with Crippen molar-refractivity contribution >= 4 is 0 Å². The lowest BCUT2D eigenvalue weighted by molar-refractivity contribution is 0.110. The Labute approximate surface area is 129 Å². The largest absolute Gasteiger partial charge is 0.383 e. The van der Waals surface area contributed by atoms with Gasteiger partial charge in [0, 0.05) is 31.8 Å². The highest BCUT2D eigenvalue weighted by molar-refractivity contribution is 5.36. The van der Waals surface area contributed by atoms with Gasteiger partial charge in [-0.1, -0.05) is 37.8 Å². The molecule has 0 aliphatic carbocycles. The third-order valence-electron chi connectivity index (χ3n) is 3.72. The molecule has 0 aromatic heterocycles. The molecule has 1 aromatic carbocycles. The number of hydrogen-bond donors (Lipinski definition) is 1. The maximum absolute atomic E-state index is 5.39. The van der Waals surface area contributed by atoms with E-state index in [0.717, 1.165) is 25.3 Å². The average Bonchev–Trinajstić information content (AvgIpc) is 2.52. The zero-order valence-corrected chi connectivity index (χ0v) is 13.6. The first kappa shape index (κ1) is 17.7. The standard InChI is InChI=1S/C18H28N2O/c1-4-18(5-2)20(13-14-21-3)15-17-10-8-16(9-11-17)7-6-12-19/h8-11,18H,4-5,12-15,19H2,1-3H3. The summed E-state index contributed by atoms with van der Waals surface area (Å²) in [6.07, 6.45) is 2.33. The second-order valence-electron chi connectivity index (χ2n) is 5.14. The summed E-state index contributed by atoms with van der Waals surface area (Å²) >= 11 is 0. The van der Waals surface area contributed by atoms with E-state index in [1.807, 2.05) is 0 Å². The average molecular weight is 288 g/mol. The topological polar surface area (TPSA) is 38.5 Å². The number of methoxy groups -OCH3 is 1. The van der Waals surface area contributed by atoms with Crippen LogP contribution in [0.4, 0.5) is 0 Å². The minimum atomic E-state index is 0.404. The van der Waals surface area contributed by atoms with E-state index < -0.39 is 0 Å². The smallest absolute Gasteiger partial charge is 0.0589 e. The third kappa shape index (κ3) is 6.31. The molecular formula is C18H28N2O. The van der Waals surface area contributed by atoms with Crippen LogP contribution in [-0.4, -0.2) is 37.7 Å². The molecule has 0 fully saturated rings. The SMILES string of the molecule is CCC(CC)N(CCOC)Cc1ccc(C#CCN)cc1. The van der Waals surface area contributed by atoms with Gasteiger partial charge in [-0.05, 0) is 30.5 Å². The van der Waals surface area contributed by atoms with Gasteiger partial charge in [0.05, 0.1) is 13.2 Å². The third-order valence-corrected chi connectivity index (χ3v) is 3.72. The fourth-order valence-corrected chi connectivity index (χ4v) is 2.49. The fraction of sp³-hybridized carbons (Fsp3) is 0.556. The van der Waals surface area contributed by atoms with Crippen molar-refractivity contribution in [3.8, 4) is 11.8 Å². The zero-order valence-electron chi connectivity index (χ0n) is 13.6. The monoisotopic (exact) mass is 288 g/mol. The van der Waals surface area contributed by atoms with E-state index in [4.69, 9.17) is 10.5 Å². The number of nitrogens with zero attached hydrogens (tertiary/aromatic N) is 1. The molecule has 0 aliphatic rings. The lowest BCUT2D eigenvalue weighted by Gasteiger charge is -2.30. The molecule has 0 radical (unpaired) electrons. The van der Waals surface area contributed by atoms with Gasteiger partial charge in [0.15, 0.2) is 0 Å². The van der Waals surface area contributed by atoms with Crippen molar-refractivity contribution in [2.75, 3.05) is 26.8 Å². The van der Waals surface area contributed by atoms with Crippen molar-refractivity contribution in [1.29, 1.82) is 0 Å². The summed E-state index contributed by atoms with van der Waals surface area (Å²) < 4.78 is 5.24. The summed E-state index contributed by atoms with van der Waals surface area (Å²) in [5.74, 6) is 5.94. The molecule has 0 heterocycles. The van der Waals surface area contributed by atoms with E-state index in [2.05, 4.69) is 54.9 Å². The lowest BCUT2D eigenvalue weighted by atomic mass is 10.1. The molecule has 1 rings (SSSR count). The summed E-state index contributed by atoms with van der Waals surface area (Å²) in [5, 5.41) is 0. The van der Waals surface area contributed by atoms with Gasteiger partial charge in [0.1, 0.15) is 0 Å². The Morgan fingerprint density at radius 3 is 2.38 bits per heavy atom. The van der Waals surface area contributed by atoms with Crippen LogP contribution in [0.5, 0.6) is 0 Å². The number of ether oxygens (including phenoxy) is 1. The van der Waals surface area contributed by atoms with Crippen molar-refractivity contribution in [3.63, 3.8) is 0 Å². The van der Waals surface area contributed by atoms with Crippen LogP contribution in [0.15, 0.2) is 24.3 Å². The van der Waals surface area contributed by atoms with Crippen LogP contribution < -0.4 is 5.73 Å². The van der Waals surface area contributed by atoms with Crippen LogP contribution in [0.2, 0.25) is 0 Å². The van der Waals surface area contributed by atoms with Gasteiger partial charge in [-0.2, -0.15) is 0 Å². The summed E-state index contributed by atoms with van der Waals surface area (Å²) in [6, 6.07) is 9.06. The fourth-order valence-electron chi connectivity index (χ4n) is 2.49. The summed E-state index contributed by atoms with van der Waals surface area (Å²) in [6.45, 7) is 7.61. The summed E-state index contributed by atoms with van der Waals surface area (Å²) in [4.78, 5) is 2.50. The van der Waals surface area contributed by atoms with E-state index in [-0.39, 0.29) is 0 Å². The lowest BCUT2D eigenvalue weighted by Crippen LogP contribution is -2.36. The predicted octanol–water partition coefficient (Wildman–Crippen LogP) is 2.63. The molecule has 0 spiro atoms. The van der Waals surface area contributed by atoms with Gasteiger partial charge in [0.2, 0.25) is 0 Å². The Kier molecular flexibility index (Phi) is 8.77. The molecule has 1 aromatic rings. The van der Waals surface area contributed by atoms with E-state index in [1.165, 1.54) is 18.4 Å². The van der Waals surface area contributed by atoms with Gasteiger partial charge >= 0.3 is 0 Å². The number of benzene rings is 1. The maximum atomic E-state index is 5.39. The molecule has 21 heavy (non-hydrogen) atoms. The molecular weight excluding hydrogens is 260 g/mol. The Morgan fingerprint density at radius 2 is 1.86 bits per heavy atom. The first-order chi connectivity index (χ1) is 10.2. The van der Waals surface area contributed by atoms with Gasteiger partial charge in [-0.25, -0.2) is 0 Å².